The van der Waals surface area contributed by atoms with E-state index in [0.29, 0.717) is 12.4 Å². The lowest BCUT2D eigenvalue weighted by molar-refractivity contribution is -0.122. The third kappa shape index (κ3) is 1.81. The van der Waals surface area contributed by atoms with Crippen molar-refractivity contribution in [3.63, 3.8) is 0 Å². The zero-order chi connectivity index (χ0) is 7.40. The van der Waals surface area contributed by atoms with E-state index in [1.165, 1.54) is 0 Å². The van der Waals surface area contributed by atoms with Gasteiger partial charge in [-0.05, 0) is 12.8 Å². The van der Waals surface area contributed by atoms with E-state index in [1.54, 1.807) is 0 Å². The molecular formula is C8H14O2. The van der Waals surface area contributed by atoms with E-state index in [9.17, 15) is 4.79 Å². The lowest BCUT2D eigenvalue weighted by Gasteiger charge is -2.02. The van der Waals surface area contributed by atoms with Crippen molar-refractivity contribution in [3.05, 3.63) is 0 Å². The molecule has 0 N–H and O–H groups in total. The van der Waals surface area contributed by atoms with Gasteiger partial charge in [-0.25, -0.2) is 0 Å². The number of carbonyl (C=O) groups excluding carboxylic acids is 1. The van der Waals surface area contributed by atoms with Crippen LogP contribution in [-0.2, 0) is 9.53 Å². The first kappa shape index (κ1) is 7.73. The Labute approximate surface area is 61.6 Å². The summed E-state index contributed by atoms with van der Waals surface area (Å²) >= 11 is 0. The maximum atomic E-state index is 11.2. The minimum absolute atomic E-state index is 0.222. The first-order chi connectivity index (χ1) is 4.84. The minimum atomic E-state index is 0.222. The molecule has 0 radical (unpaired) electrons. The van der Waals surface area contributed by atoms with Gasteiger partial charge in [0.2, 0.25) is 0 Å². The molecule has 0 aromatic heterocycles. The molecule has 1 saturated heterocycles. The van der Waals surface area contributed by atoms with Crippen LogP contribution in [0.2, 0.25) is 0 Å². The third-order valence-electron chi connectivity index (χ3n) is 1.88. The molecule has 1 atom stereocenters. The average molecular weight is 142 g/mol. The highest BCUT2D eigenvalue weighted by Gasteiger charge is 2.21. The van der Waals surface area contributed by atoms with Crippen molar-refractivity contribution in [2.45, 2.75) is 26.2 Å². The van der Waals surface area contributed by atoms with Crippen LogP contribution in [0.4, 0.5) is 0 Å². The lowest BCUT2D eigenvalue weighted by atomic mass is 10.0. The summed E-state index contributed by atoms with van der Waals surface area (Å²) in [7, 11) is 0. The highest BCUT2D eigenvalue weighted by atomic mass is 16.5. The second-order valence-electron chi connectivity index (χ2n) is 2.78. The number of ketones is 1. The van der Waals surface area contributed by atoms with Crippen LogP contribution < -0.4 is 0 Å². The van der Waals surface area contributed by atoms with Gasteiger partial charge in [-0.3, -0.25) is 4.79 Å². The molecule has 0 aliphatic carbocycles. The molecule has 0 saturated carbocycles. The van der Waals surface area contributed by atoms with Crippen LogP contribution in [0, 0.1) is 5.92 Å². The number of hydrogen-bond acceptors (Lipinski definition) is 2. The van der Waals surface area contributed by atoms with Gasteiger partial charge in [-0.1, -0.05) is 6.92 Å². The van der Waals surface area contributed by atoms with Crippen LogP contribution in [0.1, 0.15) is 26.2 Å². The molecule has 2 nitrogen and oxygen atoms in total. The molecule has 0 amide bonds. The van der Waals surface area contributed by atoms with Crippen molar-refractivity contribution < 1.29 is 9.53 Å². The van der Waals surface area contributed by atoms with E-state index in [1.807, 2.05) is 6.92 Å². The number of ether oxygens (including phenoxy) is 1. The van der Waals surface area contributed by atoms with Crippen LogP contribution in [0.15, 0.2) is 0 Å². The van der Waals surface area contributed by atoms with Gasteiger partial charge in [0.05, 0.1) is 6.61 Å². The van der Waals surface area contributed by atoms with E-state index < -0.39 is 0 Å². The van der Waals surface area contributed by atoms with Gasteiger partial charge in [0.1, 0.15) is 5.78 Å². The van der Waals surface area contributed by atoms with Gasteiger partial charge in [0.25, 0.3) is 0 Å². The third-order valence-corrected chi connectivity index (χ3v) is 1.88. The van der Waals surface area contributed by atoms with E-state index in [0.717, 1.165) is 25.9 Å². The molecule has 1 aliphatic heterocycles. The Morgan fingerprint density at radius 2 is 2.50 bits per heavy atom. The van der Waals surface area contributed by atoms with Crippen molar-refractivity contribution in [2.75, 3.05) is 13.2 Å². The fraction of sp³-hybridized carbons (Fsp3) is 0.875. The maximum Gasteiger partial charge on any atom is 0.138 e. The number of hydrogen-bond donors (Lipinski definition) is 0. The fourth-order valence-corrected chi connectivity index (χ4v) is 1.24. The van der Waals surface area contributed by atoms with Gasteiger partial charge in [-0.15, -0.1) is 0 Å². The average Bonchev–Trinajstić information content (AvgIpc) is 2.38. The fourth-order valence-electron chi connectivity index (χ4n) is 1.24. The summed E-state index contributed by atoms with van der Waals surface area (Å²) in [5, 5.41) is 0. The summed E-state index contributed by atoms with van der Waals surface area (Å²) in [6.45, 7) is 3.48. The Kier molecular flexibility index (Phi) is 2.87. The van der Waals surface area contributed by atoms with Crippen LogP contribution >= 0.6 is 0 Å². The normalized spacial score (nSPS) is 25.1. The van der Waals surface area contributed by atoms with E-state index in [2.05, 4.69) is 0 Å². The smallest absolute Gasteiger partial charge is 0.138 e. The largest absolute Gasteiger partial charge is 0.381 e. The van der Waals surface area contributed by atoms with Crippen molar-refractivity contribution in [1.29, 1.82) is 0 Å². The standard InChI is InChI=1S/C8H14O2/c1-2-3-8(9)7-4-5-10-6-7/h7H,2-6H2,1H3. The zero-order valence-corrected chi connectivity index (χ0v) is 6.43. The van der Waals surface area contributed by atoms with Crippen LogP contribution in [-0.4, -0.2) is 19.0 Å². The van der Waals surface area contributed by atoms with E-state index >= 15 is 0 Å². The SMILES string of the molecule is CCCC(=O)C1CCOC1. The van der Waals surface area contributed by atoms with Gasteiger partial charge in [0.15, 0.2) is 0 Å². The second kappa shape index (κ2) is 3.71. The van der Waals surface area contributed by atoms with Crippen LogP contribution in [0.5, 0.6) is 0 Å². The quantitative estimate of drug-likeness (QED) is 0.595. The van der Waals surface area contributed by atoms with Crippen molar-refractivity contribution >= 4 is 5.78 Å². The van der Waals surface area contributed by atoms with Crippen LogP contribution in [0.3, 0.4) is 0 Å². The van der Waals surface area contributed by atoms with Gasteiger partial charge in [-0.2, -0.15) is 0 Å². The molecule has 1 rings (SSSR count). The Balaban J connectivity index is 2.25. The van der Waals surface area contributed by atoms with Crippen LogP contribution in [0.25, 0.3) is 0 Å². The van der Waals surface area contributed by atoms with Crippen molar-refractivity contribution in [3.8, 4) is 0 Å². The van der Waals surface area contributed by atoms with E-state index in [-0.39, 0.29) is 5.92 Å². The summed E-state index contributed by atoms with van der Waals surface area (Å²) < 4.78 is 5.10. The van der Waals surface area contributed by atoms with Gasteiger partial charge in [0, 0.05) is 18.9 Å². The van der Waals surface area contributed by atoms with E-state index in [4.69, 9.17) is 4.74 Å². The maximum absolute atomic E-state index is 11.2. The predicted molar refractivity (Wildman–Crippen MR) is 38.8 cm³/mol. The Morgan fingerprint density at radius 1 is 1.70 bits per heavy atom. The molecule has 0 bridgehead atoms. The molecule has 58 valence electrons. The second-order valence-corrected chi connectivity index (χ2v) is 2.78. The molecule has 1 aliphatic rings. The summed E-state index contributed by atoms with van der Waals surface area (Å²) in [5.74, 6) is 0.611. The number of Topliss-reactive ketones (excluding diaryl/α,β-unsaturated/α-hetero) is 1. The molecule has 2 heteroatoms. The lowest BCUT2D eigenvalue weighted by Crippen LogP contribution is -2.13. The molecule has 1 fully saturated rings. The summed E-state index contributed by atoms with van der Waals surface area (Å²) in [6, 6.07) is 0. The molecular weight excluding hydrogens is 128 g/mol. The van der Waals surface area contributed by atoms with Crippen molar-refractivity contribution in [1.82, 2.24) is 0 Å². The topological polar surface area (TPSA) is 26.3 Å². The highest BCUT2D eigenvalue weighted by molar-refractivity contribution is 5.81. The first-order valence-electron chi connectivity index (χ1n) is 3.95. The summed E-state index contributed by atoms with van der Waals surface area (Å²) in [4.78, 5) is 11.2. The zero-order valence-electron chi connectivity index (χ0n) is 6.43. The molecule has 1 unspecified atom stereocenters. The van der Waals surface area contributed by atoms with Gasteiger partial charge >= 0.3 is 0 Å². The first-order valence-corrected chi connectivity index (χ1v) is 3.95. The molecule has 10 heavy (non-hydrogen) atoms. The highest BCUT2D eigenvalue weighted by Crippen LogP contribution is 2.15. The Hall–Kier alpha value is -0.370. The number of carbonyl (C=O) groups is 1. The molecule has 0 aromatic rings. The molecule has 0 aromatic carbocycles. The Bertz CT molecular complexity index is 114. The predicted octanol–water partition coefficient (Wildman–Crippen LogP) is 1.39. The summed E-state index contributed by atoms with van der Waals surface area (Å²) in [5.41, 5.74) is 0. The van der Waals surface area contributed by atoms with Crippen molar-refractivity contribution in [2.24, 2.45) is 5.92 Å². The Morgan fingerprint density at radius 3 is 3.00 bits per heavy atom. The monoisotopic (exact) mass is 142 g/mol. The van der Waals surface area contributed by atoms with Gasteiger partial charge < -0.3 is 4.74 Å². The number of rotatable bonds is 3. The summed E-state index contributed by atoms with van der Waals surface area (Å²) in [6.07, 6.45) is 2.64. The molecule has 1 heterocycles. The minimum Gasteiger partial charge on any atom is -0.381 e. The molecule has 0 spiro atoms.